The Labute approximate surface area is 202 Å². The minimum Gasteiger partial charge on any atom is -0.485 e. The van der Waals surface area contributed by atoms with Gasteiger partial charge in [0, 0.05) is 17.1 Å². The fourth-order valence-electron chi connectivity index (χ4n) is 3.29. The van der Waals surface area contributed by atoms with Gasteiger partial charge >= 0.3 is 0 Å². The summed E-state index contributed by atoms with van der Waals surface area (Å²) >= 11 is 3.09. The molecule has 170 valence electrons. The molecule has 0 aliphatic rings. The quantitative estimate of drug-likeness (QED) is 0.323. The zero-order chi connectivity index (χ0) is 23.0. The largest absolute Gasteiger partial charge is 0.485 e. The zero-order valence-corrected chi connectivity index (χ0v) is 20.2. The first-order valence-electron chi connectivity index (χ1n) is 10.8. The van der Waals surface area contributed by atoms with Crippen LogP contribution in [0.1, 0.15) is 23.2 Å². The maximum atomic E-state index is 12.7. The molecule has 0 fully saturated rings. The van der Waals surface area contributed by atoms with Gasteiger partial charge in [-0.2, -0.15) is 0 Å². The molecule has 1 N–H and O–H groups in total. The van der Waals surface area contributed by atoms with E-state index in [4.69, 9.17) is 4.74 Å². The molecule has 1 atom stereocenters. The number of thiophene rings is 1. The molecule has 4 aromatic rings. The summed E-state index contributed by atoms with van der Waals surface area (Å²) in [6, 6.07) is 21.9. The Balaban J connectivity index is 1.46. The van der Waals surface area contributed by atoms with Gasteiger partial charge in [0.1, 0.15) is 12.4 Å². The molecule has 33 heavy (non-hydrogen) atoms. The van der Waals surface area contributed by atoms with Crippen LogP contribution in [0.2, 0.25) is 0 Å². The monoisotopic (exact) mass is 478 g/mol. The molecule has 6 nitrogen and oxygen atoms in total. The summed E-state index contributed by atoms with van der Waals surface area (Å²) in [6.07, 6.45) is 0.835. The number of para-hydroxylation sites is 2. The van der Waals surface area contributed by atoms with Crippen LogP contribution >= 0.6 is 23.1 Å². The van der Waals surface area contributed by atoms with Gasteiger partial charge < -0.3 is 10.1 Å². The van der Waals surface area contributed by atoms with Crippen molar-refractivity contribution in [2.75, 3.05) is 6.54 Å². The first kappa shape index (κ1) is 23.1. The molecule has 4 rings (SSSR count). The van der Waals surface area contributed by atoms with Crippen LogP contribution in [0.4, 0.5) is 0 Å². The molecular weight excluding hydrogens is 452 g/mol. The summed E-state index contributed by atoms with van der Waals surface area (Å²) in [5.41, 5.74) is 1.99. The SMILES string of the molecule is Cc1ccccc1OCc1nnc(SC(C)C(=O)NCCc2cccs2)n1-c1ccccc1. The highest BCUT2D eigenvalue weighted by Gasteiger charge is 2.21. The maximum Gasteiger partial charge on any atom is 0.233 e. The normalized spacial score (nSPS) is 11.8. The van der Waals surface area contributed by atoms with Gasteiger partial charge in [-0.3, -0.25) is 9.36 Å². The first-order chi connectivity index (χ1) is 16.1. The van der Waals surface area contributed by atoms with E-state index in [1.54, 1.807) is 11.3 Å². The highest BCUT2D eigenvalue weighted by atomic mass is 32.2. The standard InChI is InChI=1S/C25H26N4O2S2/c1-18-9-6-7-13-22(18)31-17-23-27-28-25(29(23)20-10-4-3-5-11-20)33-19(2)24(30)26-15-14-21-12-8-16-32-21/h3-13,16,19H,14-15,17H2,1-2H3,(H,26,30). The van der Waals surface area contributed by atoms with Crippen molar-refractivity contribution in [2.45, 2.75) is 37.3 Å². The summed E-state index contributed by atoms with van der Waals surface area (Å²) in [5.74, 6) is 1.47. The smallest absolute Gasteiger partial charge is 0.233 e. The van der Waals surface area contributed by atoms with E-state index in [2.05, 4.69) is 21.6 Å². The van der Waals surface area contributed by atoms with Crippen LogP contribution in [0.15, 0.2) is 77.3 Å². The van der Waals surface area contributed by atoms with Crippen molar-refractivity contribution in [3.8, 4) is 11.4 Å². The number of aromatic nitrogens is 3. The third kappa shape index (κ3) is 6.03. The average Bonchev–Trinajstić information content (AvgIpc) is 3.49. The van der Waals surface area contributed by atoms with Crippen LogP contribution in [-0.4, -0.2) is 32.5 Å². The van der Waals surface area contributed by atoms with Gasteiger partial charge in [-0.05, 0) is 55.5 Å². The predicted octanol–water partition coefficient (Wildman–Crippen LogP) is 5.06. The predicted molar refractivity (Wildman–Crippen MR) is 133 cm³/mol. The summed E-state index contributed by atoms with van der Waals surface area (Å²) in [6.45, 7) is 4.79. The van der Waals surface area contributed by atoms with Gasteiger partial charge in [0.15, 0.2) is 11.0 Å². The lowest BCUT2D eigenvalue weighted by Crippen LogP contribution is -2.32. The molecule has 2 aromatic carbocycles. The van der Waals surface area contributed by atoms with E-state index in [0.717, 1.165) is 23.4 Å². The molecule has 0 saturated carbocycles. The second-order valence-corrected chi connectivity index (χ2v) is 9.84. The summed E-state index contributed by atoms with van der Waals surface area (Å²) < 4.78 is 7.99. The van der Waals surface area contributed by atoms with E-state index in [1.807, 2.05) is 84.5 Å². The molecule has 0 aliphatic carbocycles. The van der Waals surface area contributed by atoms with Crippen LogP contribution in [0.3, 0.4) is 0 Å². The topological polar surface area (TPSA) is 69.0 Å². The van der Waals surface area contributed by atoms with Gasteiger partial charge in [-0.15, -0.1) is 21.5 Å². The Morgan fingerprint density at radius 3 is 2.64 bits per heavy atom. The first-order valence-corrected chi connectivity index (χ1v) is 12.5. The number of thioether (sulfide) groups is 1. The summed E-state index contributed by atoms with van der Waals surface area (Å²) in [5, 5.41) is 14.2. The molecule has 2 heterocycles. The van der Waals surface area contributed by atoms with E-state index in [1.165, 1.54) is 16.6 Å². The Kier molecular flexibility index (Phi) is 7.80. The molecule has 1 amide bonds. The number of amides is 1. The minimum atomic E-state index is -0.315. The van der Waals surface area contributed by atoms with Crippen molar-refractivity contribution in [3.05, 3.63) is 88.4 Å². The second-order valence-electron chi connectivity index (χ2n) is 7.50. The molecule has 0 saturated heterocycles. The third-order valence-corrected chi connectivity index (χ3v) is 7.05. The highest BCUT2D eigenvalue weighted by molar-refractivity contribution is 8.00. The average molecular weight is 479 g/mol. The summed E-state index contributed by atoms with van der Waals surface area (Å²) in [4.78, 5) is 13.9. The fraction of sp³-hybridized carbons (Fsp3) is 0.240. The van der Waals surface area contributed by atoms with Crippen molar-refractivity contribution in [3.63, 3.8) is 0 Å². The van der Waals surface area contributed by atoms with E-state index in [0.29, 0.717) is 17.5 Å². The van der Waals surface area contributed by atoms with E-state index < -0.39 is 0 Å². The number of hydrogen-bond donors (Lipinski definition) is 1. The molecule has 2 aromatic heterocycles. The minimum absolute atomic E-state index is 0.0168. The lowest BCUT2D eigenvalue weighted by Gasteiger charge is -2.14. The van der Waals surface area contributed by atoms with Crippen molar-refractivity contribution in [2.24, 2.45) is 0 Å². The van der Waals surface area contributed by atoms with Crippen LogP contribution in [-0.2, 0) is 17.8 Å². The van der Waals surface area contributed by atoms with Crippen LogP contribution in [0.25, 0.3) is 5.69 Å². The number of rotatable bonds is 10. The number of carbonyl (C=O) groups excluding carboxylic acids is 1. The molecular formula is C25H26N4O2S2. The number of carbonyl (C=O) groups is 1. The van der Waals surface area contributed by atoms with Crippen molar-refractivity contribution in [1.82, 2.24) is 20.1 Å². The lowest BCUT2D eigenvalue weighted by molar-refractivity contribution is -0.120. The van der Waals surface area contributed by atoms with Crippen LogP contribution in [0, 0.1) is 6.92 Å². The second kappa shape index (κ2) is 11.2. The third-order valence-electron chi connectivity index (χ3n) is 5.07. The van der Waals surface area contributed by atoms with Gasteiger partial charge in [-0.1, -0.05) is 54.2 Å². The number of benzene rings is 2. The number of nitrogens with one attached hydrogen (secondary N) is 1. The van der Waals surface area contributed by atoms with E-state index >= 15 is 0 Å². The Morgan fingerprint density at radius 1 is 1.09 bits per heavy atom. The van der Waals surface area contributed by atoms with Crippen molar-refractivity contribution in [1.29, 1.82) is 0 Å². The van der Waals surface area contributed by atoms with Crippen LogP contribution < -0.4 is 10.1 Å². The van der Waals surface area contributed by atoms with Gasteiger partial charge in [0.05, 0.1) is 5.25 Å². The number of aryl methyl sites for hydroxylation is 1. The molecule has 0 spiro atoms. The number of ether oxygens (including phenoxy) is 1. The molecule has 1 unspecified atom stereocenters. The van der Waals surface area contributed by atoms with Crippen molar-refractivity contribution < 1.29 is 9.53 Å². The number of nitrogens with zero attached hydrogens (tertiary/aromatic N) is 3. The Hall–Kier alpha value is -3.10. The molecule has 0 aliphatic heterocycles. The van der Waals surface area contributed by atoms with Crippen LogP contribution in [0.5, 0.6) is 5.75 Å². The fourth-order valence-corrected chi connectivity index (χ4v) is 4.91. The van der Waals surface area contributed by atoms with E-state index in [-0.39, 0.29) is 17.8 Å². The van der Waals surface area contributed by atoms with Gasteiger partial charge in [-0.25, -0.2) is 0 Å². The van der Waals surface area contributed by atoms with Gasteiger partial charge in [0.2, 0.25) is 5.91 Å². The summed E-state index contributed by atoms with van der Waals surface area (Å²) in [7, 11) is 0. The number of hydrogen-bond acceptors (Lipinski definition) is 6. The van der Waals surface area contributed by atoms with Gasteiger partial charge in [0.25, 0.3) is 0 Å². The molecule has 0 radical (unpaired) electrons. The molecule has 8 heteroatoms. The lowest BCUT2D eigenvalue weighted by atomic mass is 10.2. The zero-order valence-electron chi connectivity index (χ0n) is 18.6. The Bertz CT molecular complexity index is 1180. The Morgan fingerprint density at radius 2 is 1.88 bits per heavy atom. The van der Waals surface area contributed by atoms with E-state index in [9.17, 15) is 4.79 Å². The maximum absolute atomic E-state index is 12.7. The van der Waals surface area contributed by atoms with Crippen molar-refractivity contribution >= 4 is 29.0 Å². The molecule has 0 bridgehead atoms. The highest BCUT2D eigenvalue weighted by Crippen LogP contribution is 2.27.